The maximum Gasteiger partial charge on any atom is 0.407 e. The highest BCUT2D eigenvalue weighted by atomic mass is 32.1. The second kappa shape index (κ2) is 8.60. The van der Waals surface area contributed by atoms with Gasteiger partial charge in [0.2, 0.25) is 0 Å². The molecule has 1 saturated heterocycles. The molecule has 1 aliphatic rings. The number of esters is 1. The molecule has 3 heterocycles. The molecular weight excluding hydrogens is 378 g/mol. The topological polar surface area (TPSA) is 80.8 Å². The predicted octanol–water partition coefficient (Wildman–Crippen LogP) is 3.86. The number of hydrogen-bond donors (Lipinski definition) is 1. The molecule has 0 radical (unpaired) electrons. The molecule has 3 rings (SSSR count). The maximum absolute atomic E-state index is 12.3. The van der Waals surface area contributed by atoms with E-state index in [0.717, 1.165) is 12.8 Å². The van der Waals surface area contributed by atoms with Gasteiger partial charge in [-0.15, -0.1) is 11.3 Å². The van der Waals surface area contributed by atoms with Gasteiger partial charge in [-0.25, -0.2) is 14.6 Å². The van der Waals surface area contributed by atoms with Crippen LogP contribution in [0.4, 0.5) is 10.6 Å². The molecule has 1 fully saturated rings. The zero-order chi connectivity index (χ0) is 20.1. The van der Waals surface area contributed by atoms with E-state index in [4.69, 9.17) is 9.47 Å². The van der Waals surface area contributed by atoms with Crippen molar-refractivity contribution in [1.82, 2.24) is 10.3 Å². The van der Waals surface area contributed by atoms with Gasteiger partial charge in [0, 0.05) is 25.3 Å². The van der Waals surface area contributed by atoms with Crippen molar-refractivity contribution in [3.05, 3.63) is 40.7 Å². The highest BCUT2D eigenvalue weighted by molar-refractivity contribution is 7.12. The van der Waals surface area contributed by atoms with Gasteiger partial charge in [0.1, 0.15) is 10.5 Å². The highest BCUT2D eigenvalue weighted by Crippen LogP contribution is 2.29. The normalized spacial score (nSPS) is 15.2. The van der Waals surface area contributed by atoms with E-state index in [1.165, 1.54) is 11.3 Å². The smallest absolute Gasteiger partial charge is 0.407 e. The Hall–Kier alpha value is -2.61. The molecule has 2 aromatic rings. The number of hydrogen-bond acceptors (Lipinski definition) is 7. The van der Waals surface area contributed by atoms with Crippen LogP contribution in [0, 0.1) is 0 Å². The average molecular weight is 404 g/mol. The van der Waals surface area contributed by atoms with Crippen molar-refractivity contribution in [3.8, 4) is 5.75 Å². The van der Waals surface area contributed by atoms with Gasteiger partial charge in [-0.3, -0.25) is 0 Å². The SMILES string of the molecule is CC(C)(C)OC(=O)NC1CCN(c2ncccc2OC(=O)c2cccs2)CC1. The molecule has 7 nitrogen and oxygen atoms in total. The number of nitrogens with one attached hydrogen (secondary N) is 1. The van der Waals surface area contributed by atoms with Gasteiger partial charge in [0.15, 0.2) is 11.6 Å². The van der Waals surface area contributed by atoms with E-state index in [9.17, 15) is 9.59 Å². The minimum Gasteiger partial charge on any atom is -0.444 e. The standard InChI is InChI=1S/C20H25N3O4S/c1-20(2,3)27-19(25)22-14-8-11-23(12-9-14)17-15(6-4-10-21-17)26-18(24)16-7-5-13-28-16/h4-7,10,13-14H,8-9,11-12H2,1-3H3,(H,22,25). The number of aromatic nitrogens is 1. The molecule has 0 spiro atoms. The number of alkyl carbamates (subject to hydrolysis) is 1. The predicted molar refractivity (Wildman–Crippen MR) is 108 cm³/mol. The van der Waals surface area contributed by atoms with E-state index in [1.54, 1.807) is 24.4 Å². The van der Waals surface area contributed by atoms with E-state index in [0.29, 0.717) is 29.5 Å². The Morgan fingerprint density at radius 1 is 1.21 bits per heavy atom. The zero-order valence-electron chi connectivity index (χ0n) is 16.3. The number of anilines is 1. The first-order chi connectivity index (χ1) is 13.3. The molecule has 2 aromatic heterocycles. The number of nitrogens with zero attached hydrogens (tertiary/aromatic N) is 2. The average Bonchev–Trinajstić information content (AvgIpc) is 3.16. The van der Waals surface area contributed by atoms with E-state index in [2.05, 4.69) is 15.2 Å². The third-order valence-electron chi connectivity index (χ3n) is 4.19. The summed E-state index contributed by atoms with van der Waals surface area (Å²) in [6, 6.07) is 7.09. The maximum atomic E-state index is 12.3. The number of carbonyl (C=O) groups excluding carboxylic acids is 2. The molecule has 0 unspecified atom stereocenters. The zero-order valence-corrected chi connectivity index (χ0v) is 17.1. The number of carbonyl (C=O) groups is 2. The van der Waals surface area contributed by atoms with Crippen molar-refractivity contribution < 1.29 is 19.1 Å². The first-order valence-corrected chi connectivity index (χ1v) is 10.1. The lowest BCUT2D eigenvalue weighted by Gasteiger charge is -2.34. The van der Waals surface area contributed by atoms with Gasteiger partial charge in [-0.1, -0.05) is 6.07 Å². The fourth-order valence-electron chi connectivity index (χ4n) is 2.95. The van der Waals surface area contributed by atoms with Gasteiger partial charge in [0.25, 0.3) is 0 Å². The molecule has 28 heavy (non-hydrogen) atoms. The summed E-state index contributed by atoms with van der Waals surface area (Å²) in [5, 5.41) is 4.76. The molecular formula is C20H25N3O4S. The molecule has 8 heteroatoms. The van der Waals surface area contributed by atoms with Gasteiger partial charge in [0.05, 0.1) is 0 Å². The molecule has 150 valence electrons. The first-order valence-electron chi connectivity index (χ1n) is 9.27. The van der Waals surface area contributed by atoms with Crippen molar-refractivity contribution in [2.75, 3.05) is 18.0 Å². The summed E-state index contributed by atoms with van der Waals surface area (Å²) < 4.78 is 10.9. The van der Waals surface area contributed by atoms with Crippen molar-refractivity contribution in [2.24, 2.45) is 0 Å². The number of thiophene rings is 1. The fraction of sp³-hybridized carbons (Fsp3) is 0.450. The lowest BCUT2D eigenvalue weighted by Crippen LogP contribution is -2.46. The Morgan fingerprint density at radius 3 is 2.61 bits per heavy atom. The van der Waals surface area contributed by atoms with Crippen molar-refractivity contribution in [2.45, 2.75) is 45.3 Å². The van der Waals surface area contributed by atoms with Crippen LogP contribution in [0.5, 0.6) is 5.75 Å². The number of amides is 1. The number of piperidine rings is 1. The van der Waals surface area contributed by atoms with Gasteiger partial charge >= 0.3 is 12.1 Å². The summed E-state index contributed by atoms with van der Waals surface area (Å²) in [5.41, 5.74) is -0.514. The summed E-state index contributed by atoms with van der Waals surface area (Å²) >= 11 is 1.34. The van der Waals surface area contributed by atoms with Crippen LogP contribution in [-0.4, -0.2) is 41.8 Å². The van der Waals surface area contributed by atoms with E-state index in [-0.39, 0.29) is 12.0 Å². The summed E-state index contributed by atoms with van der Waals surface area (Å²) in [5.74, 6) is 0.702. The quantitative estimate of drug-likeness (QED) is 0.781. The molecule has 1 aliphatic heterocycles. The van der Waals surface area contributed by atoms with Crippen molar-refractivity contribution in [1.29, 1.82) is 0 Å². The highest BCUT2D eigenvalue weighted by Gasteiger charge is 2.26. The molecule has 1 N–H and O–H groups in total. The summed E-state index contributed by atoms with van der Waals surface area (Å²) in [6.45, 7) is 6.92. The van der Waals surface area contributed by atoms with Crippen LogP contribution < -0.4 is 15.0 Å². The van der Waals surface area contributed by atoms with Gasteiger partial charge < -0.3 is 19.7 Å². The van der Waals surface area contributed by atoms with Crippen LogP contribution in [-0.2, 0) is 4.74 Å². The number of rotatable bonds is 4. The van der Waals surface area contributed by atoms with Crippen LogP contribution in [0.25, 0.3) is 0 Å². The molecule has 0 saturated carbocycles. The number of pyridine rings is 1. The molecule has 0 aliphatic carbocycles. The largest absolute Gasteiger partial charge is 0.444 e. The lowest BCUT2D eigenvalue weighted by molar-refractivity contribution is 0.0496. The Morgan fingerprint density at radius 2 is 1.96 bits per heavy atom. The minimum atomic E-state index is -0.514. The van der Waals surface area contributed by atoms with E-state index in [1.807, 2.05) is 32.2 Å². The van der Waals surface area contributed by atoms with Crippen LogP contribution >= 0.6 is 11.3 Å². The Bertz CT molecular complexity index is 809. The fourth-order valence-corrected chi connectivity index (χ4v) is 3.55. The Labute approximate surface area is 168 Å². The Kier molecular flexibility index (Phi) is 6.18. The number of ether oxygens (including phenoxy) is 2. The van der Waals surface area contributed by atoms with Crippen LogP contribution in [0.3, 0.4) is 0 Å². The van der Waals surface area contributed by atoms with Crippen molar-refractivity contribution >= 4 is 29.2 Å². The molecule has 0 atom stereocenters. The third kappa shape index (κ3) is 5.45. The lowest BCUT2D eigenvalue weighted by atomic mass is 10.1. The summed E-state index contributed by atoms with van der Waals surface area (Å²) in [7, 11) is 0. The van der Waals surface area contributed by atoms with E-state index >= 15 is 0 Å². The van der Waals surface area contributed by atoms with Crippen LogP contribution in [0.2, 0.25) is 0 Å². The molecule has 0 bridgehead atoms. The Balaban J connectivity index is 1.59. The van der Waals surface area contributed by atoms with Gasteiger partial charge in [-0.2, -0.15) is 0 Å². The minimum absolute atomic E-state index is 0.0481. The van der Waals surface area contributed by atoms with E-state index < -0.39 is 11.7 Å². The third-order valence-corrected chi connectivity index (χ3v) is 5.04. The molecule has 1 amide bonds. The second-order valence-corrected chi connectivity index (χ2v) is 8.55. The van der Waals surface area contributed by atoms with Gasteiger partial charge in [-0.05, 0) is 57.2 Å². The summed E-state index contributed by atoms with van der Waals surface area (Å²) in [6.07, 6.45) is 2.81. The molecule has 0 aromatic carbocycles. The first kappa shape index (κ1) is 20.1. The van der Waals surface area contributed by atoms with Crippen LogP contribution in [0.1, 0.15) is 43.3 Å². The summed E-state index contributed by atoms with van der Waals surface area (Å²) in [4.78, 5) is 31.3. The van der Waals surface area contributed by atoms with Crippen LogP contribution in [0.15, 0.2) is 35.8 Å². The monoisotopic (exact) mass is 403 g/mol. The van der Waals surface area contributed by atoms with Crippen molar-refractivity contribution in [3.63, 3.8) is 0 Å². The second-order valence-electron chi connectivity index (χ2n) is 7.60.